The fourth-order valence-corrected chi connectivity index (χ4v) is 20.8. The molecule has 0 unspecified atom stereocenters. The SMILES string of the molecule is CCCCCCCCCCCCCCCC[N+](CCCC)(CCCC)CCCCCCCCCCCCCCCC.CCCCCCCCCCCCCCCC[N+](CCCC)(CCCC)CCCCCCCCCCCCCCCC.CCCCCCCCCCCCCCCC[N+](CCCC)(CCCC)CCCCCCCCCCCCCCCC.[O-]P([O-])[O-]. The predicted octanol–water partition coefficient (Wildman–Crippen LogP) is 40.4. The topological polar surface area (TPSA) is 69.2 Å². The van der Waals surface area contributed by atoms with Gasteiger partial charge in [0, 0.05) is 0 Å². The van der Waals surface area contributed by atoms with Crippen LogP contribution < -0.4 is 14.7 Å². The Morgan fingerprint density at radius 3 is 0.220 bits per heavy atom. The Labute approximate surface area is 809 Å². The molecule has 0 fully saturated rings. The Kier molecular flexibility index (Phi) is 125. The Bertz CT molecular complexity index is 1520. The third-order valence-electron chi connectivity index (χ3n) is 29.8. The number of quaternary nitrogens is 3. The highest BCUT2D eigenvalue weighted by atomic mass is 31.2. The van der Waals surface area contributed by atoms with E-state index in [1.165, 1.54) is 708 Å². The first kappa shape index (κ1) is 133. The summed E-state index contributed by atoms with van der Waals surface area (Å²) in [6.45, 7) is 45.8. The summed E-state index contributed by atoms with van der Waals surface area (Å²) in [5.74, 6) is 0. The number of rotatable bonds is 108. The summed E-state index contributed by atoms with van der Waals surface area (Å²) in [6.07, 6.45) is 140. The average Bonchev–Trinajstić information content (AvgIpc) is 0.883. The maximum Gasteiger partial charge on any atom is 0.0786 e. The second-order valence-electron chi connectivity index (χ2n) is 42.6. The van der Waals surface area contributed by atoms with Gasteiger partial charge in [-0.05, 0) is 116 Å². The molecule has 0 aromatic heterocycles. The van der Waals surface area contributed by atoms with Crippen molar-refractivity contribution in [3.63, 3.8) is 0 Å². The molecule has 7 heteroatoms. The van der Waals surface area contributed by atoms with Gasteiger partial charge < -0.3 is 36.7 Å². The molecule has 0 amide bonds. The van der Waals surface area contributed by atoms with Crippen LogP contribution in [-0.2, 0) is 0 Å². The molecular formula is C120H252N3O3P. The minimum atomic E-state index is -3.37. The molecule has 0 aliphatic carbocycles. The summed E-state index contributed by atoms with van der Waals surface area (Å²) in [5.41, 5.74) is 0. The molecular weight excluding hydrogens is 1560 g/mol. The zero-order chi connectivity index (χ0) is 93.4. The van der Waals surface area contributed by atoms with Crippen molar-refractivity contribution in [3.8, 4) is 0 Å². The minimum absolute atomic E-state index is 1.36. The van der Waals surface area contributed by atoms with Crippen LogP contribution in [0, 0.1) is 0 Å². The minimum Gasteiger partial charge on any atom is -0.854 e. The van der Waals surface area contributed by atoms with Crippen molar-refractivity contribution in [2.45, 2.75) is 699 Å². The van der Waals surface area contributed by atoms with E-state index in [4.69, 9.17) is 14.7 Å². The monoisotopic (exact) mass is 1810 g/mol. The molecule has 127 heavy (non-hydrogen) atoms. The van der Waals surface area contributed by atoms with Crippen molar-refractivity contribution in [1.82, 2.24) is 0 Å². The summed E-state index contributed by atoms with van der Waals surface area (Å²) in [6, 6.07) is 0. The van der Waals surface area contributed by atoms with E-state index in [9.17, 15) is 0 Å². The molecule has 0 saturated heterocycles. The van der Waals surface area contributed by atoms with Crippen LogP contribution in [0.25, 0.3) is 0 Å². The van der Waals surface area contributed by atoms with E-state index in [1.54, 1.807) is 0 Å². The van der Waals surface area contributed by atoms with Crippen LogP contribution in [0.2, 0.25) is 0 Å². The summed E-state index contributed by atoms with van der Waals surface area (Å²) >= 11 is 0. The molecule has 0 saturated carbocycles. The molecule has 0 rings (SSSR count). The first-order valence-corrected chi connectivity index (χ1v) is 61.9. The highest BCUT2D eigenvalue weighted by Crippen LogP contribution is 2.27. The second-order valence-corrected chi connectivity index (χ2v) is 43.1. The van der Waals surface area contributed by atoms with Crippen molar-refractivity contribution < 1.29 is 28.1 Å². The molecule has 0 aliphatic rings. The van der Waals surface area contributed by atoms with E-state index in [-0.39, 0.29) is 0 Å². The summed E-state index contributed by atoms with van der Waals surface area (Å²) in [5, 5.41) is 0. The quantitative estimate of drug-likeness (QED) is 0.0346. The van der Waals surface area contributed by atoms with Gasteiger partial charge in [-0.3, -0.25) is 0 Å². The van der Waals surface area contributed by atoms with Crippen molar-refractivity contribution in [1.29, 1.82) is 0 Å². The molecule has 0 aromatic rings. The Hall–Kier alpha value is 0.190. The third kappa shape index (κ3) is 111. The van der Waals surface area contributed by atoms with E-state index in [1.807, 2.05) is 0 Å². The number of hydrogen-bond donors (Lipinski definition) is 0. The average molecular weight is 1820 g/mol. The van der Waals surface area contributed by atoms with E-state index in [0.717, 1.165) is 0 Å². The summed E-state index contributed by atoms with van der Waals surface area (Å²) in [7, 11) is -3.37. The van der Waals surface area contributed by atoms with E-state index >= 15 is 0 Å². The van der Waals surface area contributed by atoms with Gasteiger partial charge in [-0.2, -0.15) is 0 Å². The Morgan fingerprint density at radius 2 is 0.150 bits per heavy atom. The normalized spacial score (nSPS) is 11.9. The Balaban J connectivity index is -0.000000873. The fourth-order valence-electron chi connectivity index (χ4n) is 20.8. The lowest BCUT2D eigenvalue weighted by molar-refractivity contribution is -0.929. The molecule has 0 spiro atoms. The van der Waals surface area contributed by atoms with Crippen molar-refractivity contribution >= 4 is 8.60 Å². The van der Waals surface area contributed by atoms with Crippen LogP contribution in [0.3, 0.4) is 0 Å². The van der Waals surface area contributed by atoms with Gasteiger partial charge in [-0.25, -0.2) is 0 Å². The first-order chi connectivity index (χ1) is 62.5. The molecule has 6 nitrogen and oxygen atoms in total. The lowest BCUT2D eigenvalue weighted by Crippen LogP contribution is -2.50. The molecule has 0 bridgehead atoms. The Morgan fingerprint density at radius 1 is 0.0945 bits per heavy atom. The zero-order valence-corrected chi connectivity index (χ0v) is 92.3. The number of hydrogen-bond acceptors (Lipinski definition) is 3. The van der Waals surface area contributed by atoms with Crippen LogP contribution in [0.15, 0.2) is 0 Å². The van der Waals surface area contributed by atoms with Crippen molar-refractivity contribution in [2.75, 3.05) is 78.5 Å². The highest BCUT2D eigenvalue weighted by molar-refractivity contribution is 7.33. The predicted molar refractivity (Wildman–Crippen MR) is 577 cm³/mol. The van der Waals surface area contributed by atoms with Gasteiger partial charge in [0.1, 0.15) is 0 Å². The molecule has 0 atom stereocenters. The van der Waals surface area contributed by atoms with Gasteiger partial charge in [0.2, 0.25) is 0 Å². The van der Waals surface area contributed by atoms with Gasteiger partial charge in [-0.1, -0.05) is 584 Å². The molecule has 0 N–H and O–H groups in total. The first-order valence-electron chi connectivity index (χ1n) is 60.8. The molecule has 770 valence electrons. The van der Waals surface area contributed by atoms with Gasteiger partial charge in [0.25, 0.3) is 0 Å². The van der Waals surface area contributed by atoms with Gasteiger partial charge in [-0.15, -0.1) is 0 Å². The van der Waals surface area contributed by atoms with Gasteiger partial charge in [0.15, 0.2) is 0 Å². The third-order valence-corrected chi connectivity index (χ3v) is 29.8. The van der Waals surface area contributed by atoms with E-state index in [2.05, 4.69) is 83.1 Å². The maximum absolute atomic E-state index is 8.48. The highest BCUT2D eigenvalue weighted by Gasteiger charge is 2.28. The standard InChI is InChI=1S/3C40H84N.O3P/c3*1-5-9-13-15-17-19-21-23-25-27-29-31-33-35-39-41(37-11-7-3,38-12-8-4)40-36-34-32-30-28-26-24-22-20-18-16-14-10-6-2;1-4(2)3/h3*5-40H2,1-4H3;/q3*+1;-3. The lowest BCUT2D eigenvalue weighted by Gasteiger charge is -2.39. The van der Waals surface area contributed by atoms with E-state index in [0.29, 0.717) is 0 Å². The van der Waals surface area contributed by atoms with Crippen molar-refractivity contribution in [2.24, 2.45) is 0 Å². The number of nitrogens with zero attached hydrogens (tertiary/aromatic N) is 3. The molecule has 0 aromatic carbocycles. The van der Waals surface area contributed by atoms with Crippen LogP contribution in [0.4, 0.5) is 0 Å². The fraction of sp³-hybridized carbons (Fsp3) is 1.00. The van der Waals surface area contributed by atoms with Crippen LogP contribution in [0.1, 0.15) is 699 Å². The molecule has 0 aliphatic heterocycles. The zero-order valence-electron chi connectivity index (χ0n) is 91.4. The van der Waals surface area contributed by atoms with Gasteiger partial charge in [0.05, 0.1) is 78.5 Å². The molecule has 0 heterocycles. The van der Waals surface area contributed by atoms with E-state index < -0.39 is 8.60 Å². The van der Waals surface area contributed by atoms with Gasteiger partial charge >= 0.3 is 0 Å². The van der Waals surface area contributed by atoms with Crippen LogP contribution in [-0.4, -0.2) is 92.0 Å². The van der Waals surface area contributed by atoms with Crippen LogP contribution in [0.5, 0.6) is 0 Å². The maximum atomic E-state index is 8.48. The van der Waals surface area contributed by atoms with Crippen LogP contribution >= 0.6 is 8.60 Å². The summed E-state index contributed by atoms with van der Waals surface area (Å²) in [4.78, 5) is 25.4. The lowest BCUT2D eigenvalue weighted by atomic mass is 10.0. The smallest absolute Gasteiger partial charge is 0.0786 e. The number of unbranched alkanes of at least 4 members (excludes halogenated alkanes) is 84. The largest absolute Gasteiger partial charge is 0.854 e. The summed E-state index contributed by atoms with van der Waals surface area (Å²) < 4.78 is 4.37. The van der Waals surface area contributed by atoms with Crippen molar-refractivity contribution in [3.05, 3.63) is 0 Å². The molecule has 0 radical (unpaired) electrons. The second kappa shape index (κ2) is 118.